The van der Waals surface area contributed by atoms with E-state index < -0.39 is 0 Å². The summed E-state index contributed by atoms with van der Waals surface area (Å²) in [7, 11) is 3.91. The van der Waals surface area contributed by atoms with Gasteiger partial charge in [-0.05, 0) is 25.0 Å². The van der Waals surface area contributed by atoms with Gasteiger partial charge in [0.25, 0.3) is 5.91 Å². The first-order valence-corrected chi connectivity index (χ1v) is 8.94. The van der Waals surface area contributed by atoms with Crippen LogP contribution in [-0.4, -0.2) is 38.0 Å². The van der Waals surface area contributed by atoms with Crippen molar-refractivity contribution in [1.82, 2.24) is 19.0 Å². The number of hydrogen-bond acceptors (Lipinski definition) is 2. The molecule has 0 spiro atoms. The van der Waals surface area contributed by atoms with Gasteiger partial charge in [0.2, 0.25) is 0 Å². The zero-order valence-electron chi connectivity index (χ0n) is 14.4. The Morgan fingerprint density at radius 2 is 2.16 bits per heavy atom. The second-order valence-corrected chi connectivity index (χ2v) is 7.16. The van der Waals surface area contributed by atoms with Gasteiger partial charge in [0.15, 0.2) is 0 Å². The van der Waals surface area contributed by atoms with Crippen LogP contribution in [0.2, 0.25) is 5.02 Å². The minimum absolute atomic E-state index is 0.0636. The molecule has 1 aliphatic heterocycles. The molecular weight excluding hydrogens is 336 g/mol. The summed E-state index contributed by atoms with van der Waals surface area (Å²) in [6.45, 7) is 1.49. The number of rotatable bonds is 2. The van der Waals surface area contributed by atoms with Gasteiger partial charge >= 0.3 is 0 Å². The van der Waals surface area contributed by atoms with Gasteiger partial charge in [0.05, 0.1) is 10.5 Å². The van der Waals surface area contributed by atoms with E-state index in [0.717, 1.165) is 36.1 Å². The van der Waals surface area contributed by atoms with E-state index in [1.54, 1.807) is 0 Å². The summed E-state index contributed by atoms with van der Waals surface area (Å²) in [5.74, 6) is 1.40. The standard InChI is InChI=1S/C19H21ClN4O/c1-22-10-8-21-18(22)14-6-4-9-24(12-14)19(25)16-11-13-5-3-7-15(20)17(13)23(16)2/h3,5,7-8,10-11,14H,4,6,9,12H2,1-2H3. The summed E-state index contributed by atoms with van der Waals surface area (Å²) < 4.78 is 3.96. The van der Waals surface area contributed by atoms with Crippen LogP contribution in [0.25, 0.3) is 10.9 Å². The molecule has 6 heteroatoms. The Labute approximate surface area is 151 Å². The Kier molecular flexibility index (Phi) is 4.04. The number of para-hydroxylation sites is 1. The smallest absolute Gasteiger partial charge is 0.270 e. The van der Waals surface area contributed by atoms with Crippen LogP contribution in [0.5, 0.6) is 0 Å². The summed E-state index contributed by atoms with van der Waals surface area (Å²) in [6, 6.07) is 7.70. The largest absolute Gasteiger partial charge is 0.338 e. The van der Waals surface area contributed by atoms with E-state index in [1.165, 1.54) is 0 Å². The maximum Gasteiger partial charge on any atom is 0.270 e. The number of carbonyl (C=O) groups excluding carboxylic acids is 1. The topological polar surface area (TPSA) is 43.1 Å². The molecular formula is C19H21ClN4O. The first-order valence-electron chi connectivity index (χ1n) is 8.56. The Morgan fingerprint density at radius 1 is 1.32 bits per heavy atom. The Bertz CT molecular complexity index is 942. The molecule has 5 nitrogen and oxygen atoms in total. The molecule has 25 heavy (non-hydrogen) atoms. The predicted molar refractivity (Wildman–Crippen MR) is 99.0 cm³/mol. The third-order valence-corrected chi connectivity index (χ3v) is 5.46. The van der Waals surface area contributed by atoms with E-state index in [1.807, 2.05) is 60.2 Å². The van der Waals surface area contributed by atoms with Crippen LogP contribution in [0.3, 0.4) is 0 Å². The van der Waals surface area contributed by atoms with E-state index in [4.69, 9.17) is 11.6 Å². The van der Waals surface area contributed by atoms with Gasteiger partial charge in [0, 0.05) is 50.9 Å². The van der Waals surface area contributed by atoms with E-state index in [2.05, 4.69) is 9.55 Å². The number of aryl methyl sites for hydroxylation is 2. The molecule has 1 amide bonds. The van der Waals surface area contributed by atoms with Crippen LogP contribution in [0.15, 0.2) is 36.7 Å². The number of piperidine rings is 1. The van der Waals surface area contributed by atoms with Gasteiger partial charge in [-0.25, -0.2) is 4.98 Å². The summed E-state index contributed by atoms with van der Waals surface area (Å²) in [4.78, 5) is 19.6. The van der Waals surface area contributed by atoms with Gasteiger partial charge in [-0.15, -0.1) is 0 Å². The molecule has 1 fully saturated rings. The van der Waals surface area contributed by atoms with Crippen LogP contribution in [0, 0.1) is 0 Å². The average molecular weight is 357 g/mol. The number of imidazole rings is 1. The minimum atomic E-state index is 0.0636. The van der Waals surface area contributed by atoms with Crippen molar-refractivity contribution < 1.29 is 4.79 Å². The van der Waals surface area contributed by atoms with Crippen molar-refractivity contribution in [2.75, 3.05) is 13.1 Å². The Morgan fingerprint density at radius 3 is 2.88 bits per heavy atom. The van der Waals surface area contributed by atoms with Crippen LogP contribution in [0.1, 0.15) is 35.1 Å². The summed E-state index contributed by atoms with van der Waals surface area (Å²) in [5.41, 5.74) is 1.59. The fourth-order valence-electron chi connectivity index (χ4n) is 3.88. The van der Waals surface area contributed by atoms with Gasteiger partial charge in [-0.3, -0.25) is 4.79 Å². The van der Waals surface area contributed by atoms with Crippen molar-refractivity contribution in [3.63, 3.8) is 0 Å². The molecule has 1 saturated heterocycles. The molecule has 3 heterocycles. The number of likely N-dealkylation sites (tertiary alicyclic amines) is 1. The molecule has 0 N–H and O–H groups in total. The third-order valence-electron chi connectivity index (χ3n) is 5.16. The quantitative estimate of drug-likeness (QED) is 0.704. The number of nitrogens with zero attached hydrogens (tertiary/aromatic N) is 4. The number of hydrogen-bond donors (Lipinski definition) is 0. The zero-order valence-corrected chi connectivity index (χ0v) is 15.2. The summed E-state index contributed by atoms with van der Waals surface area (Å²) >= 11 is 6.32. The molecule has 4 rings (SSSR count). The molecule has 2 aromatic heterocycles. The van der Waals surface area contributed by atoms with E-state index in [0.29, 0.717) is 17.3 Å². The number of benzene rings is 1. The van der Waals surface area contributed by atoms with Crippen molar-refractivity contribution in [2.24, 2.45) is 14.1 Å². The number of halogens is 1. The normalized spacial score (nSPS) is 18.0. The highest BCUT2D eigenvalue weighted by Gasteiger charge is 2.29. The maximum atomic E-state index is 13.1. The lowest BCUT2D eigenvalue weighted by molar-refractivity contribution is 0.0694. The van der Waals surface area contributed by atoms with Crippen LogP contribution in [0.4, 0.5) is 0 Å². The molecule has 1 atom stereocenters. The number of fused-ring (bicyclic) bond motifs is 1. The maximum absolute atomic E-state index is 13.1. The second kappa shape index (κ2) is 6.23. The first kappa shape index (κ1) is 16.2. The predicted octanol–water partition coefficient (Wildman–Crippen LogP) is 3.59. The molecule has 0 bridgehead atoms. The number of aromatic nitrogens is 3. The van der Waals surface area contributed by atoms with Crippen molar-refractivity contribution >= 4 is 28.4 Å². The van der Waals surface area contributed by atoms with E-state index >= 15 is 0 Å². The summed E-state index contributed by atoms with van der Waals surface area (Å²) in [5, 5.41) is 1.67. The average Bonchev–Trinajstić information content (AvgIpc) is 3.19. The molecule has 0 radical (unpaired) electrons. The van der Waals surface area contributed by atoms with Crippen molar-refractivity contribution in [3.05, 3.63) is 53.2 Å². The van der Waals surface area contributed by atoms with Crippen LogP contribution in [-0.2, 0) is 14.1 Å². The molecule has 0 aliphatic carbocycles. The molecule has 130 valence electrons. The fourth-order valence-corrected chi connectivity index (χ4v) is 4.19. The Balaban J connectivity index is 1.64. The van der Waals surface area contributed by atoms with Gasteiger partial charge in [-0.2, -0.15) is 0 Å². The van der Waals surface area contributed by atoms with Gasteiger partial charge < -0.3 is 14.0 Å². The number of carbonyl (C=O) groups is 1. The van der Waals surface area contributed by atoms with E-state index in [-0.39, 0.29) is 11.8 Å². The van der Waals surface area contributed by atoms with E-state index in [9.17, 15) is 4.79 Å². The van der Waals surface area contributed by atoms with Gasteiger partial charge in [-0.1, -0.05) is 23.7 Å². The fraction of sp³-hybridized carbons (Fsp3) is 0.368. The highest BCUT2D eigenvalue weighted by Crippen LogP contribution is 2.29. The molecule has 1 unspecified atom stereocenters. The lowest BCUT2D eigenvalue weighted by atomic mass is 9.97. The van der Waals surface area contributed by atoms with Crippen molar-refractivity contribution in [2.45, 2.75) is 18.8 Å². The zero-order chi connectivity index (χ0) is 17.6. The van der Waals surface area contributed by atoms with Crippen molar-refractivity contribution in [1.29, 1.82) is 0 Å². The Hall–Kier alpha value is -2.27. The van der Waals surface area contributed by atoms with Crippen LogP contribution < -0.4 is 0 Å². The third kappa shape index (κ3) is 2.72. The highest BCUT2D eigenvalue weighted by molar-refractivity contribution is 6.35. The lowest BCUT2D eigenvalue weighted by Gasteiger charge is -2.32. The second-order valence-electron chi connectivity index (χ2n) is 6.75. The first-order chi connectivity index (χ1) is 12.1. The monoisotopic (exact) mass is 356 g/mol. The molecule has 1 aliphatic rings. The SMILES string of the molecule is Cn1ccnc1C1CCCN(C(=O)c2cc3cccc(Cl)c3n2C)C1. The van der Waals surface area contributed by atoms with Gasteiger partial charge in [0.1, 0.15) is 11.5 Å². The van der Waals surface area contributed by atoms with Crippen LogP contribution >= 0.6 is 11.6 Å². The number of amides is 1. The molecule has 0 saturated carbocycles. The molecule has 1 aromatic carbocycles. The minimum Gasteiger partial charge on any atom is -0.338 e. The highest BCUT2D eigenvalue weighted by atomic mass is 35.5. The summed E-state index contributed by atoms with van der Waals surface area (Å²) in [6.07, 6.45) is 5.84. The lowest BCUT2D eigenvalue weighted by Crippen LogP contribution is -2.40. The molecule has 3 aromatic rings. The van der Waals surface area contributed by atoms with Crippen molar-refractivity contribution in [3.8, 4) is 0 Å².